The van der Waals surface area contributed by atoms with Crippen molar-refractivity contribution in [3.8, 4) is 23.1 Å². The van der Waals surface area contributed by atoms with Crippen LogP contribution in [0.5, 0.6) is 5.75 Å². The van der Waals surface area contributed by atoms with E-state index in [2.05, 4.69) is 16.0 Å². The lowest BCUT2D eigenvalue weighted by molar-refractivity contribution is -0.384. The minimum Gasteiger partial charge on any atom is -0.496 e. The van der Waals surface area contributed by atoms with Gasteiger partial charge in [-0.2, -0.15) is 5.26 Å². The van der Waals surface area contributed by atoms with Crippen LogP contribution in [-0.4, -0.2) is 22.0 Å². The summed E-state index contributed by atoms with van der Waals surface area (Å²) in [5.74, 6) is 1.46. The van der Waals surface area contributed by atoms with Crippen molar-refractivity contribution in [1.82, 2.24) is 9.97 Å². The number of methoxy groups -OCH3 is 1. The van der Waals surface area contributed by atoms with Gasteiger partial charge in [0, 0.05) is 6.08 Å². The smallest absolute Gasteiger partial charge is 0.291 e. The molecular weight excluding hydrogens is 408 g/mol. The van der Waals surface area contributed by atoms with Crippen LogP contribution in [0.25, 0.3) is 34.0 Å². The number of nitrogens with zero attached hydrogens (tertiary/aromatic N) is 3. The lowest BCUT2D eigenvalue weighted by Crippen LogP contribution is -1.93. The van der Waals surface area contributed by atoms with Crippen LogP contribution in [0.4, 0.5) is 5.69 Å². The summed E-state index contributed by atoms with van der Waals surface area (Å²) >= 11 is 6.03. The van der Waals surface area contributed by atoms with E-state index in [4.69, 9.17) is 20.8 Å². The lowest BCUT2D eigenvalue weighted by atomic mass is 10.1. The zero-order chi connectivity index (χ0) is 21.3. The van der Waals surface area contributed by atoms with Gasteiger partial charge in [0.15, 0.2) is 0 Å². The fourth-order valence-electron chi connectivity index (χ4n) is 3.00. The molecule has 0 amide bonds. The van der Waals surface area contributed by atoms with Gasteiger partial charge in [-0.3, -0.25) is 10.1 Å². The number of hydrogen-bond donors (Lipinski definition) is 1. The first-order chi connectivity index (χ1) is 14.5. The zero-order valence-corrected chi connectivity index (χ0v) is 16.3. The van der Waals surface area contributed by atoms with E-state index in [1.807, 2.05) is 24.3 Å². The normalized spacial score (nSPS) is 11.4. The van der Waals surface area contributed by atoms with Crippen molar-refractivity contribution < 1.29 is 14.1 Å². The van der Waals surface area contributed by atoms with Crippen LogP contribution >= 0.6 is 11.6 Å². The van der Waals surface area contributed by atoms with Crippen molar-refractivity contribution >= 4 is 40.0 Å². The fraction of sp³-hybridized carbons (Fsp3) is 0.0476. The molecule has 0 fully saturated rings. The summed E-state index contributed by atoms with van der Waals surface area (Å²) < 4.78 is 11.1. The molecule has 4 aromatic rings. The van der Waals surface area contributed by atoms with E-state index < -0.39 is 4.92 Å². The number of nitriles is 1. The first-order valence-electron chi connectivity index (χ1n) is 8.69. The number of furan rings is 1. The number of nitro benzene ring substituents is 1. The van der Waals surface area contributed by atoms with Gasteiger partial charge in [-0.05, 0) is 30.3 Å². The van der Waals surface area contributed by atoms with Gasteiger partial charge < -0.3 is 14.1 Å². The van der Waals surface area contributed by atoms with Crippen LogP contribution in [0.1, 0.15) is 11.6 Å². The summed E-state index contributed by atoms with van der Waals surface area (Å²) in [5.41, 5.74) is 2.05. The number of hydrogen-bond acceptors (Lipinski definition) is 6. The maximum Gasteiger partial charge on any atom is 0.291 e. The topological polar surface area (TPSA) is 118 Å². The standard InChI is InChI=1S/C21H13ClN4O4/c1-29-20-10-18(26(27)28)15(22)9-14(20)19-7-6-13(30-19)8-12(11-23)21-24-16-4-2-3-5-17(16)25-21/h2-10H,1H3,(H,24,25)/b12-8+. The molecule has 0 saturated carbocycles. The van der Waals surface area contributed by atoms with Crippen LogP contribution in [0, 0.1) is 21.4 Å². The average Bonchev–Trinajstić information content (AvgIpc) is 3.38. The van der Waals surface area contributed by atoms with Gasteiger partial charge >= 0.3 is 0 Å². The second-order valence-electron chi connectivity index (χ2n) is 6.24. The van der Waals surface area contributed by atoms with E-state index in [1.165, 1.54) is 19.2 Å². The van der Waals surface area contributed by atoms with Gasteiger partial charge in [-0.25, -0.2) is 4.98 Å². The predicted molar refractivity (Wildman–Crippen MR) is 112 cm³/mol. The number of fused-ring (bicyclic) bond motifs is 1. The molecule has 2 aromatic carbocycles. The molecule has 1 N–H and O–H groups in total. The molecule has 8 nitrogen and oxygen atoms in total. The molecule has 30 heavy (non-hydrogen) atoms. The van der Waals surface area contributed by atoms with Gasteiger partial charge in [0.2, 0.25) is 0 Å². The minimum absolute atomic E-state index is 0.0377. The number of H-pyrrole nitrogens is 1. The molecule has 2 heterocycles. The summed E-state index contributed by atoms with van der Waals surface area (Å²) in [7, 11) is 1.40. The Bertz CT molecular complexity index is 1310. The third-order valence-electron chi connectivity index (χ3n) is 4.41. The van der Waals surface area contributed by atoms with Gasteiger partial charge in [-0.1, -0.05) is 23.7 Å². The van der Waals surface area contributed by atoms with E-state index in [1.54, 1.807) is 18.2 Å². The Morgan fingerprint density at radius 2 is 2.13 bits per heavy atom. The summed E-state index contributed by atoms with van der Waals surface area (Å²) in [6, 6.07) is 15.6. The Morgan fingerprint density at radius 1 is 1.33 bits per heavy atom. The number of nitrogens with one attached hydrogen (secondary N) is 1. The minimum atomic E-state index is -0.586. The molecule has 4 rings (SSSR count). The summed E-state index contributed by atoms with van der Waals surface area (Å²) in [4.78, 5) is 18.0. The first-order valence-corrected chi connectivity index (χ1v) is 9.07. The Hall–Kier alpha value is -4.09. The zero-order valence-electron chi connectivity index (χ0n) is 15.5. The highest BCUT2D eigenvalue weighted by molar-refractivity contribution is 6.33. The molecule has 0 radical (unpaired) electrons. The second kappa shape index (κ2) is 7.73. The van der Waals surface area contributed by atoms with Crippen molar-refractivity contribution in [3.05, 3.63) is 75.3 Å². The van der Waals surface area contributed by atoms with Gasteiger partial charge in [0.1, 0.15) is 34.2 Å². The highest BCUT2D eigenvalue weighted by Gasteiger charge is 2.20. The molecule has 0 saturated heterocycles. The van der Waals surface area contributed by atoms with E-state index >= 15 is 0 Å². The van der Waals surface area contributed by atoms with Gasteiger partial charge in [-0.15, -0.1) is 0 Å². The van der Waals surface area contributed by atoms with Gasteiger partial charge in [0.25, 0.3) is 5.69 Å². The number of para-hydroxylation sites is 2. The number of rotatable bonds is 5. The van der Waals surface area contributed by atoms with Crippen LogP contribution in [0.15, 0.2) is 52.9 Å². The Morgan fingerprint density at radius 3 is 2.83 bits per heavy atom. The van der Waals surface area contributed by atoms with E-state index in [0.29, 0.717) is 28.5 Å². The van der Waals surface area contributed by atoms with Crippen LogP contribution < -0.4 is 4.74 Å². The monoisotopic (exact) mass is 420 g/mol. The quantitative estimate of drug-likeness (QED) is 0.260. The maximum atomic E-state index is 11.1. The van der Waals surface area contributed by atoms with Gasteiger partial charge in [0.05, 0.1) is 40.3 Å². The summed E-state index contributed by atoms with van der Waals surface area (Å²) in [6.45, 7) is 0. The van der Waals surface area contributed by atoms with Crippen LogP contribution in [0.2, 0.25) is 5.02 Å². The van der Waals surface area contributed by atoms with Crippen LogP contribution in [0.3, 0.4) is 0 Å². The number of halogens is 1. The molecule has 0 bridgehead atoms. The Labute approximate surface area is 175 Å². The van der Waals surface area contributed by atoms with Crippen molar-refractivity contribution in [2.45, 2.75) is 0 Å². The maximum absolute atomic E-state index is 11.1. The molecule has 2 aromatic heterocycles. The number of aromatic nitrogens is 2. The molecule has 9 heteroatoms. The number of imidazole rings is 1. The summed E-state index contributed by atoms with van der Waals surface area (Å²) in [6.07, 6.45) is 1.56. The SMILES string of the molecule is COc1cc([N+](=O)[O-])c(Cl)cc1-c1ccc(/C=C(\C#N)c2nc3ccccc3[nH]2)o1. The molecule has 0 aliphatic rings. The third kappa shape index (κ3) is 3.50. The number of allylic oxidation sites excluding steroid dienone is 1. The van der Waals surface area contributed by atoms with E-state index in [0.717, 1.165) is 11.0 Å². The number of benzene rings is 2. The fourth-order valence-corrected chi connectivity index (χ4v) is 3.23. The number of nitro groups is 1. The molecule has 0 atom stereocenters. The van der Waals surface area contributed by atoms with Crippen molar-refractivity contribution in [2.75, 3.05) is 7.11 Å². The molecular formula is C21H13ClN4O4. The van der Waals surface area contributed by atoms with Crippen LogP contribution in [-0.2, 0) is 0 Å². The van der Waals surface area contributed by atoms with Crippen molar-refractivity contribution in [3.63, 3.8) is 0 Å². The first kappa shape index (κ1) is 19.2. The Balaban J connectivity index is 1.72. The highest BCUT2D eigenvalue weighted by Crippen LogP contribution is 2.39. The molecule has 0 spiro atoms. The van der Waals surface area contributed by atoms with E-state index in [-0.39, 0.29) is 16.5 Å². The predicted octanol–water partition coefficient (Wildman–Crippen LogP) is 5.46. The van der Waals surface area contributed by atoms with Crippen molar-refractivity contribution in [1.29, 1.82) is 5.26 Å². The Kier molecular flexibility index (Phi) is 4.96. The average molecular weight is 421 g/mol. The largest absolute Gasteiger partial charge is 0.496 e. The highest BCUT2D eigenvalue weighted by atomic mass is 35.5. The third-order valence-corrected chi connectivity index (χ3v) is 4.71. The molecule has 0 aliphatic carbocycles. The van der Waals surface area contributed by atoms with Crippen molar-refractivity contribution in [2.24, 2.45) is 0 Å². The molecule has 148 valence electrons. The number of aromatic amines is 1. The van der Waals surface area contributed by atoms with E-state index in [9.17, 15) is 15.4 Å². The second-order valence-corrected chi connectivity index (χ2v) is 6.64. The molecule has 0 aliphatic heterocycles. The lowest BCUT2D eigenvalue weighted by Gasteiger charge is -2.07. The number of ether oxygens (including phenoxy) is 1. The molecule has 0 unspecified atom stereocenters. The summed E-state index contributed by atoms with van der Waals surface area (Å²) in [5, 5.41) is 20.6.